The van der Waals surface area contributed by atoms with Crippen LogP contribution in [0.25, 0.3) is 0 Å². The third kappa shape index (κ3) is 3.61. The maximum absolute atomic E-state index is 13.5. The van der Waals surface area contributed by atoms with E-state index in [1.807, 2.05) is 6.92 Å². The van der Waals surface area contributed by atoms with Crippen molar-refractivity contribution in [1.29, 1.82) is 0 Å². The van der Waals surface area contributed by atoms with E-state index in [-0.39, 0.29) is 17.1 Å². The van der Waals surface area contributed by atoms with Gasteiger partial charge in [0, 0.05) is 18.8 Å². The molecule has 1 aliphatic heterocycles. The lowest BCUT2D eigenvalue weighted by Gasteiger charge is -2.31. The number of hydrogen-bond donors (Lipinski definition) is 0. The van der Waals surface area contributed by atoms with Crippen LogP contribution in [-0.4, -0.2) is 17.2 Å². The Bertz CT molecular complexity index is 850. The number of thioether (sulfide) groups is 1. The van der Waals surface area contributed by atoms with Crippen molar-refractivity contribution in [1.82, 2.24) is 0 Å². The Morgan fingerprint density at radius 3 is 2.84 bits per heavy atom. The van der Waals surface area contributed by atoms with Crippen LogP contribution in [0.5, 0.6) is 0 Å². The second-order valence-electron chi connectivity index (χ2n) is 5.69. The van der Waals surface area contributed by atoms with Crippen LogP contribution in [0.2, 0.25) is 0 Å². The molecule has 0 aliphatic carbocycles. The van der Waals surface area contributed by atoms with Crippen molar-refractivity contribution in [3.05, 3.63) is 63.0 Å². The standard InChI is InChI=1S/C18H18F2N2O2S/c1-2-25-17-9-16(8-14(10-19)18(17)22(23)24)21-6-5-12-7-15(20)4-3-13(12)11-21/h3-4,7-9H,2,5-6,10-11H2,1H3/i11D. The van der Waals surface area contributed by atoms with Gasteiger partial charge in [0.25, 0.3) is 5.69 Å². The molecular weight excluding hydrogens is 346 g/mol. The van der Waals surface area contributed by atoms with Crippen molar-refractivity contribution >= 4 is 23.1 Å². The van der Waals surface area contributed by atoms with E-state index in [0.29, 0.717) is 34.9 Å². The Labute approximate surface area is 150 Å². The summed E-state index contributed by atoms with van der Waals surface area (Å²) in [6.45, 7) is 0.618. The first-order valence-corrected chi connectivity index (χ1v) is 8.92. The summed E-state index contributed by atoms with van der Waals surface area (Å²) in [5, 5.41) is 11.4. The highest BCUT2D eigenvalue weighted by atomic mass is 32.2. The fourth-order valence-electron chi connectivity index (χ4n) is 2.98. The minimum atomic E-state index is -0.945. The van der Waals surface area contributed by atoms with Crippen LogP contribution in [0.15, 0.2) is 35.2 Å². The molecule has 1 atom stereocenters. The molecular formula is C18H18F2N2O2S. The van der Waals surface area contributed by atoms with E-state index >= 15 is 0 Å². The zero-order valence-corrected chi connectivity index (χ0v) is 14.5. The van der Waals surface area contributed by atoms with Crippen molar-refractivity contribution in [2.75, 3.05) is 17.2 Å². The molecule has 0 amide bonds. The van der Waals surface area contributed by atoms with Gasteiger partial charge in [-0.15, -0.1) is 11.8 Å². The minimum absolute atomic E-state index is 0.0144. The molecule has 0 saturated carbocycles. The topological polar surface area (TPSA) is 46.4 Å². The molecule has 3 rings (SSSR count). The highest BCUT2D eigenvalue weighted by Gasteiger charge is 2.24. The molecule has 1 unspecified atom stereocenters. The van der Waals surface area contributed by atoms with E-state index < -0.39 is 18.1 Å². The zero-order valence-electron chi connectivity index (χ0n) is 14.7. The molecule has 132 valence electrons. The quantitative estimate of drug-likeness (QED) is 0.430. The normalized spacial score (nSPS) is 17.2. The first-order valence-electron chi connectivity index (χ1n) is 8.51. The number of anilines is 1. The molecule has 0 aromatic heterocycles. The lowest BCUT2D eigenvalue weighted by molar-refractivity contribution is -0.388. The van der Waals surface area contributed by atoms with Crippen LogP contribution in [0.3, 0.4) is 0 Å². The summed E-state index contributed by atoms with van der Waals surface area (Å²) in [5.74, 6) is 0.281. The Balaban J connectivity index is 2.05. The van der Waals surface area contributed by atoms with Gasteiger partial charge in [-0.25, -0.2) is 8.78 Å². The summed E-state index contributed by atoms with van der Waals surface area (Å²) < 4.78 is 35.4. The molecule has 1 heterocycles. The highest BCUT2D eigenvalue weighted by molar-refractivity contribution is 7.99. The molecule has 25 heavy (non-hydrogen) atoms. The zero-order chi connectivity index (χ0) is 18.8. The van der Waals surface area contributed by atoms with Gasteiger partial charge in [0.1, 0.15) is 12.5 Å². The minimum Gasteiger partial charge on any atom is -0.367 e. The fraction of sp³-hybridized carbons (Fsp3) is 0.333. The van der Waals surface area contributed by atoms with Gasteiger partial charge in [0.05, 0.1) is 16.8 Å². The number of nitro benzene ring substituents is 1. The molecule has 0 fully saturated rings. The highest BCUT2D eigenvalue weighted by Crippen LogP contribution is 2.38. The lowest BCUT2D eigenvalue weighted by Crippen LogP contribution is -2.30. The average Bonchev–Trinajstić information content (AvgIpc) is 2.61. The van der Waals surface area contributed by atoms with Crippen molar-refractivity contribution < 1.29 is 15.1 Å². The number of halogens is 2. The molecule has 0 bridgehead atoms. The number of hydrogen-bond acceptors (Lipinski definition) is 4. The summed E-state index contributed by atoms with van der Waals surface area (Å²) in [5.41, 5.74) is 1.87. The second kappa shape index (κ2) is 7.39. The van der Waals surface area contributed by atoms with Gasteiger partial charge >= 0.3 is 0 Å². The molecule has 4 nitrogen and oxygen atoms in total. The Kier molecular flexibility index (Phi) is 4.83. The van der Waals surface area contributed by atoms with Gasteiger partial charge in [0.2, 0.25) is 0 Å². The van der Waals surface area contributed by atoms with E-state index in [1.165, 1.54) is 30.0 Å². The van der Waals surface area contributed by atoms with Crippen LogP contribution in [-0.2, 0) is 19.6 Å². The Morgan fingerprint density at radius 2 is 2.16 bits per heavy atom. The van der Waals surface area contributed by atoms with Crippen LogP contribution < -0.4 is 4.90 Å². The fourth-order valence-corrected chi connectivity index (χ4v) is 3.84. The van der Waals surface area contributed by atoms with Crippen LogP contribution in [0, 0.1) is 15.9 Å². The van der Waals surface area contributed by atoms with E-state index in [1.54, 1.807) is 17.0 Å². The number of nitrogens with zero attached hydrogens (tertiary/aromatic N) is 2. The predicted octanol–water partition coefficient (Wildman–Crippen LogP) is 4.88. The molecule has 7 heteroatoms. The molecule has 0 saturated heterocycles. The monoisotopic (exact) mass is 365 g/mol. The van der Waals surface area contributed by atoms with Crippen molar-refractivity contribution in [3.8, 4) is 0 Å². The van der Waals surface area contributed by atoms with Gasteiger partial charge < -0.3 is 4.90 Å². The summed E-state index contributed by atoms with van der Waals surface area (Å²) in [6.07, 6.45) is 0.556. The number of fused-ring (bicyclic) bond motifs is 1. The second-order valence-corrected chi connectivity index (χ2v) is 7.00. The van der Waals surface area contributed by atoms with Gasteiger partial charge in [-0.3, -0.25) is 10.1 Å². The molecule has 2 aromatic carbocycles. The van der Waals surface area contributed by atoms with Gasteiger partial charge in [0.15, 0.2) is 0 Å². The van der Waals surface area contributed by atoms with Crippen molar-refractivity contribution in [2.45, 2.75) is 31.4 Å². The van der Waals surface area contributed by atoms with Gasteiger partial charge in [-0.2, -0.15) is 0 Å². The first kappa shape index (κ1) is 16.3. The number of benzene rings is 2. The van der Waals surface area contributed by atoms with Crippen molar-refractivity contribution in [3.63, 3.8) is 0 Å². The number of rotatable bonds is 5. The summed E-state index contributed by atoms with van der Waals surface area (Å²) >= 11 is 1.28. The summed E-state index contributed by atoms with van der Waals surface area (Å²) in [6, 6.07) is 7.47. The molecule has 2 aromatic rings. The Hall–Kier alpha value is -2.15. The van der Waals surface area contributed by atoms with Gasteiger partial charge in [-0.1, -0.05) is 13.0 Å². The van der Waals surface area contributed by atoms with Crippen LogP contribution >= 0.6 is 11.8 Å². The van der Waals surface area contributed by atoms with E-state index in [0.717, 1.165) is 5.56 Å². The third-order valence-corrected chi connectivity index (χ3v) is 5.03. The predicted molar refractivity (Wildman–Crippen MR) is 95.5 cm³/mol. The maximum atomic E-state index is 13.5. The number of nitro groups is 1. The van der Waals surface area contributed by atoms with E-state index in [9.17, 15) is 18.9 Å². The number of alkyl halides is 1. The third-order valence-electron chi connectivity index (χ3n) is 4.12. The van der Waals surface area contributed by atoms with Crippen molar-refractivity contribution in [2.24, 2.45) is 0 Å². The molecule has 0 radical (unpaired) electrons. The SMILES string of the molecule is [2H]C1c2ccc(F)cc2CCN1c1cc(CF)c([N+](=O)[O-])c(SCC)c1. The molecule has 0 spiro atoms. The largest absolute Gasteiger partial charge is 0.367 e. The summed E-state index contributed by atoms with van der Waals surface area (Å²) in [4.78, 5) is 13.0. The molecule has 1 aliphatic rings. The van der Waals surface area contributed by atoms with E-state index in [2.05, 4.69) is 0 Å². The van der Waals surface area contributed by atoms with Crippen LogP contribution in [0.4, 0.5) is 20.2 Å². The first-order chi connectivity index (χ1) is 12.5. The smallest absolute Gasteiger partial charge is 0.288 e. The van der Waals surface area contributed by atoms with Crippen LogP contribution in [0.1, 0.15) is 25.0 Å². The summed E-state index contributed by atoms with van der Waals surface area (Å²) in [7, 11) is 0. The lowest BCUT2D eigenvalue weighted by atomic mass is 9.99. The van der Waals surface area contributed by atoms with E-state index in [4.69, 9.17) is 1.37 Å². The molecule has 0 N–H and O–H groups in total. The average molecular weight is 365 g/mol. The Morgan fingerprint density at radius 1 is 1.36 bits per heavy atom. The van der Waals surface area contributed by atoms with Gasteiger partial charge in [-0.05, 0) is 47.6 Å². The maximum Gasteiger partial charge on any atom is 0.288 e.